The largest absolute Gasteiger partial charge is 0.493 e. The van der Waals surface area contributed by atoms with E-state index in [-0.39, 0.29) is 24.0 Å². The number of nitro groups is 1. The zero-order valence-electron chi connectivity index (χ0n) is 13.6. The Labute approximate surface area is 143 Å². The van der Waals surface area contributed by atoms with E-state index in [2.05, 4.69) is 0 Å². The Balaban J connectivity index is 2.01. The number of carbonyl (C=O) groups is 1. The first kappa shape index (κ1) is 17.7. The molecule has 0 atom stereocenters. The molecular formula is C16H18N2O5S. The number of methoxy groups -OCH3 is 1. The lowest BCUT2D eigenvalue weighted by Crippen LogP contribution is -2.30. The molecule has 0 radical (unpaired) electrons. The quantitative estimate of drug-likeness (QED) is 0.566. The maximum absolute atomic E-state index is 12.2. The summed E-state index contributed by atoms with van der Waals surface area (Å²) in [4.78, 5) is 25.2. The minimum atomic E-state index is -0.528. The Kier molecular flexibility index (Phi) is 5.75. The predicted octanol–water partition coefficient (Wildman–Crippen LogP) is 3.01. The van der Waals surface area contributed by atoms with Crippen molar-refractivity contribution in [2.45, 2.75) is 13.5 Å². The lowest BCUT2D eigenvalue weighted by molar-refractivity contribution is -0.385. The van der Waals surface area contributed by atoms with Crippen LogP contribution in [0, 0.1) is 17.0 Å². The van der Waals surface area contributed by atoms with Gasteiger partial charge in [0.1, 0.15) is 0 Å². The fourth-order valence-corrected chi connectivity index (χ4v) is 2.97. The molecule has 0 saturated carbocycles. The van der Waals surface area contributed by atoms with E-state index in [0.29, 0.717) is 12.3 Å². The van der Waals surface area contributed by atoms with Gasteiger partial charge in [-0.2, -0.15) is 0 Å². The molecule has 1 heterocycles. The van der Waals surface area contributed by atoms with Crippen molar-refractivity contribution in [3.05, 3.63) is 50.2 Å². The highest BCUT2D eigenvalue weighted by Gasteiger charge is 2.16. The van der Waals surface area contributed by atoms with Crippen molar-refractivity contribution >= 4 is 22.9 Å². The van der Waals surface area contributed by atoms with E-state index >= 15 is 0 Å². The molecule has 1 amide bonds. The van der Waals surface area contributed by atoms with Gasteiger partial charge in [0.25, 0.3) is 11.6 Å². The molecule has 128 valence electrons. The van der Waals surface area contributed by atoms with Crippen LogP contribution in [-0.4, -0.2) is 36.5 Å². The number of nitro benzene ring substituents is 1. The number of hydrogen-bond donors (Lipinski definition) is 0. The molecule has 24 heavy (non-hydrogen) atoms. The third kappa shape index (κ3) is 4.23. The number of likely N-dealkylation sites (N-methyl/N-ethyl adjacent to an activating group) is 1. The van der Waals surface area contributed by atoms with E-state index in [1.54, 1.807) is 23.3 Å². The highest BCUT2D eigenvalue weighted by atomic mass is 32.1. The molecule has 0 bridgehead atoms. The molecule has 0 unspecified atom stereocenters. The smallest absolute Gasteiger partial charge is 0.273 e. The Morgan fingerprint density at radius 2 is 2.08 bits per heavy atom. The number of carbonyl (C=O) groups excluding carboxylic acids is 1. The van der Waals surface area contributed by atoms with Crippen molar-refractivity contribution in [2.24, 2.45) is 0 Å². The number of amides is 1. The Morgan fingerprint density at radius 3 is 2.67 bits per heavy atom. The first-order valence-corrected chi connectivity index (χ1v) is 8.02. The van der Waals surface area contributed by atoms with Gasteiger partial charge in [0.05, 0.1) is 24.6 Å². The summed E-state index contributed by atoms with van der Waals surface area (Å²) in [5.74, 6) is 0.280. The van der Waals surface area contributed by atoms with Gasteiger partial charge in [-0.05, 0) is 30.0 Å². The SMILES string of the molecule is COc1ccc([N+](=O)[O-])cc1OCC(=O)N(C)Cc1sccc1C. The van der Waals surface area contributed by atoms with Crippen LogP contribution in [0.15, 0.2) is 29.6 Å². The van der Waals surface area contributed by atoms with E-state index in [1.165, 1.54) is 25.3 Å². The summed E-state index contributed by atoms with van der Waals surface area (Å²) in [7, 11) is 3.12. The molecule has 2 aromatic rings. The summed E-state index contributed by atoms with van der Waals surface area (Å²) in [5.41, 5.74) is 1.02. The van der Waals surface area contributed by atoms with Crippen molar-refractivity contribution in [3.8, 4) is 11.5 Å². The number of ether oxygens (including phenoxy) is 2. The molecule has 0 fully saturated rings. The van der Waals surface area contributed by atoms with Crippen LogP contribution < -0.4 is 9.47 Å². The Hall–Kier alpha value is -2.61. The number of thiophene rings is 1. The van der Waals surface area contributed by atoms with Crippen molar-refractivity contribution in [1.82, 2.24) is 4.90 Å². The van der Waals surface area contributed by atoms with Crippen LogP contribution in [0.5, 0.6) is 11.5 Å². The van der Waals surface area contributed by atoms with Crippen LogP contribution in [0.25, 0.3) is 0 Å². The molecule has 8 heteroatoms. The topological polar surface area (TPSA) is 81.9 Å². The molecule has 0 aliphatic heterocycles. The second-order valence-corrected chi connectivity index (χ2v) is 6.16. The van der Waals surface area contributed by atoms with Gasteiger partial charge in [0, 0.05) is 18.0 Å². The number of aryl methyl sites for hydroxylation is 1. The van der Waals surface area contributed by atoms with E-state index in [9.17, 15) is 14.9 Å². The van der Waals surface area contributed by atoms with Crippen LogP contribution in [-0.2, 0) is 11.3 Å². The molecule has 0 spiro atoms. The molecule has 0 aliphatic rings. The summed E-state index contributed by atoms with van der Waals surface area (Å²) in [6.07, 6.45) is 0. The van der Waals surface area contributed by atoms with E-state index in [0.717, 1.165) is 10.4 Å². The van der Waals surface area contributed by atoms with E-state index in [4.69, 9.17) is 9.47 Å². The van der Waals surface area contributed by atoms with Gasteiger partial charge in [-0.1, -0.05) is 0 Å². The maximum Gasteiger partial charge on any atom is 0.273 e. The van der Waals surface area contributed by atoms with Gasteiger partial charge < -0.3 is 14.4 Å². The number of benzene rings is 1. The van der Waals surface area contributed by atoms with Crippen LogP contribution in [0.1, 0.15) is 10.4 Å². The fraction of sp³-hybridized carbons (Fsp3) is 0.312. The number of nitrogens with zero attached hydrogens (tertiary/aromatic N) is 2. The Morgan fingerprint density at radius 1 is 1.33 bits per heavy atom. The monoisotopic (exact) mass is 350 g/mol. The normalized spacial score (nSPS) is 10.3. The van der Waals surface area contributed by atoms with E-state index in [1.807, 2.05) is 18.4 Å². The van der Waals surface area contributed by atoms with Gasteiger partial charge in [-0.25, -0.2) is 0 Å². The third-order valence-corrected chi connectivity index (χ3v) is 4.49. The van der Waals surface area contributed by atoms with Gasteiger partial charge >= 0.3 is 0 Å². The fourth-order valence-electron chi connectivity index (χ4n) is 2.01. The van der Waals surface area contributed by atoms with Crippen molar-refractivity contribution in [1.29, 1.82) is 0 Å². The average Bonchev–Trinajstić information content (AvgIpc) is 2.97. The zero-order chi connectivity index (χ0) is 17.7. The Bertz CT molecular complexity index is 744. The second-order valence-electron chi connectivity index (χ2n) is 5.16. The number of rotatable bonds is 7. The first-order valence-electron chi connectivity index (χ1n) is 7.14. The molecule has 0 saturated heterocycles. The molecule has 1 aromatic carbocycles. The summed E-state index contributed by atoms with van der Waals surface area (Å²) in [5, 5.41) is 12.8. The number of non-ortho nitro benzene ring substituents is 1. The second kappa shape index (κ2) is 7.78. The molecule has 7 nitrogen and oxygen atoms in total. The highest BCUT2D eigenvalue weighted by molar-refractivity contribution is 7.10. The predicted molar refractivity (Wildman–Crippen MR) is 90.7 cm³/mol. The van der Waals surface area contributed by atoms with Crippen LogP contribution in [0.2, 0.25) is 0 Å². The van der Waals surface area contributed by atoms with Crippen LogP contribution in [0.4, 0.5) is 5.69 Å². The summed E-state index contributed by atoms with van der Waals surface area (Å²) in [6, 6.07) is 6.01. The van der Waals surface area contributed by atoms with Crippen molar-refractivity contribution in [3.63, 3.8) is 0 Å². The lowest BCUT2D eigenvalue weighted by Gasteiger charge is -2.17. The minimum Gasteiger partial charge on any atom is -0.493 e. The molecular weight excluding hydrogens is 332 g/mol. The molecule has 0 N–H and O–H groups in total. The molecule has 0 aliphatic carbocycles. The van der Waals surface area contributed by atoms with Crippen LogP contribution >= 0.6 is 11.3 Å². The summed E-state index contributed by atoms with van der Waals surface area (Å²) >= 11 is 1.59. The molecule has 1 aromatic heterocycles. The van der Waals surface area contributed by atoms with Crippen molar-refractivity contribution < 1.29 is 19.2 Å². The minimum absolute atomic E-state index is 0.124. The van der Waals surface area contributed by atoms with Gasteiger partial charge in [-0.15, -0.1) is 11.3 Å². The first-order chi connectivity index (χ1) is 11.4. The van der Waals surface area contributed by atoms with E-state index < -0.39 is 4.92 Å². The lowest BCUT2D eigenvalue weighted by atomic mass is 10.3. The van der Waals surface area contributed by atoms with Gasteiger partial charge in [0.2, 0.25) is 0 Å². The number of hydrogen-bond acceptors (Lipinski definition) is 6. The van der Waals surface area contributed by atoms with Gasteiger partial charge in [0.15, 0.2) is 18.1 Å². The van der Waals surface area contributed by atoms with Gasteiger partial charge in [-0.3, -0.25) is 14.9 Å². The average molecular weight is 350 g/mol. The standard InChI is InChI=1S/C16H18N2O5S/c1-11-6-7-24-15(11)9-17(2)16(19)10-23-14-8-12(18(20)21)4-5-13(14)22-3/h4-8H,9-10H2,1-3H3. The highest BCUT2D eigenvalue weighted by Crippen LogP contribution is 2.31. The van der Waals surface area contributed by atoms with Crippen LogP contribution in [0.3, 0.4) is 0 Å². The molecule has 2 rings (SSSR count). The summed E-state index contributed by atoms with van der Waals surface area (Å²) in [6.45, 7) is 2.27. The maximum atomic E-state index is 12.2. The summed E-state index contributed by atoms with van der Waals surface area (Å²) < 4.78 is 10.5. The van der Waals surface area contributed by atoms with Crippen molar-refractivity contribution in [2.75, 3.05) is 20.8 Å². The zero-order valence-corrected chi connectivity index (χ0v) is 14.5. The third-order valence-electron chi connectivity index (χ3n) is 3.48.